The van der Waals surface area contributed by atoms with Crippen molar-refractivity contribution in [2.75, 3.05) is 19.0 Å². The fourth-order valence-electron chi connectivity index (χ4n) is 2.17. The lowest BCUT2D eigenvalue weighted by Gasteiger charge is -2.10. The maximum atomic E-state index is 12.2. The van der Waals surface area contributed by atoms with Gasteiger partial charge in [-0.15, -0.1) is 0 Å². The summed E-state index contributed by atoms with van der Waals surface area (Å²) in [6.07, 6.45) is 0. The molecular formula is C17H20N2O5. The van der Waals surface area contributed by atoms with E-state index in [1.54, 1.807) is 31.2 Å². The fourth-order valence-corrected chi connectivity index (χ4v) is 2.17. The lowest BCUT2D eigenvalue weighted by atomic mass is 10.1. The molecule has 128 valence electrons. The van der Waals surface area contributed by atoms with Crippen molar-refractivity contribution in [3.63, 3.8) is 0 Å². The van der Waals surface area contributed by atoms with Gasteiger partial charge in [0.2, 0.25) is 0 Å². The average molecular weight is 332 g/mol. The van der Waals surface area contributed by atoms with E-state index in [0.29, 0.717) is 22.9 Å². The van der Waals surface area contributed by atoms with Gasteiger partial charge in [0, 0.05) is 5.92 Å². The summed E-state index contributed by atoms with van der Waals surface area (Å²) in [5.74, 6) is -0.145. The molecule has 24 heavy (non-hydrogen) atoms. The number of benzene rings is 1. The second-order valence-electron chi connectivity index (χ2n) is 5.49. The summed E-state index contributed by atoms with van der Waals surface area (Å²) in [5, 5.41) is 6.42. The molecule has 0 bridgehead atoms. The highest BCUT2D eigenvalue weighted by Crippen LogP contribution is 2.24. The summed E-state index contributed by atoms with van der Waals surface area (Å²) in [7, 11) is 1.51. The van der Waals surface area contributed by atoms with Gasteiger partial charge in [0.1, 0.15) is 11.3 Å². The van der Waals surface area contributed by atoms with Crippen molar-refractivity contribution in [3.05, 3.63) is 41.3 Å². The van der Waals surface area contributed by atoms with E-state index >= 15 is 0 Å². The van der Waals surface area contributed by atoms with E-state index in [1.165, 1.54) is 7.11 Å². The van der Waals surface area contributed by atoms with Crippen LogP contribution in [0.4, 0.5) is 5.69 Å². The van der Waals surface area contributed by atoms with Crippen molar-refractivity contribution in [1.82, 2.24) is 5.16 Å². The Balaban J connectivity index is 1.99. The van der Waals surface area contributed by atoms with E-state index in [-0.39, 0.29) is 11.5 Å². The van der Waals surface area contributed by atoms with Crippen molar-refractivity contribution in [2.45, 2.75) is 26.7 Å². The molecule has 7 nitrogen and oxygen atoms in total. The Bertz CT molecular complexity index is 736. The van der Waals surface area contributed by atoms with E-state index < -0.39 is 18.5 Å². The molecule has 0 unspecified atom stereocenters. The number of anilines is 1. The van der Waals surface area contributed by atoms with Crippen LogP contribution in [0.3, 0.4) is 0 Å². The highest BCUT2D eigenvalue weighted by Gasteiger charge is 2.24. The van der Waals surface area contributed by atoms with Gasteiger partial charge in [-0.1, -0.05) is 31.1 Å². The summed E-state index contributed by atoms with van der Waals surface area (Å²) in [5.41, 5.74) is 1.22. The Morgan fingerprint density at radius 2 is 2.00 bits per heavy atom. The smallest absolute Gasteiger partial charge is 0.344 e. The second-order valence-corrected chi connectivity index (χ2v) is 5.49. The number of nitrogens with one attached hydrogen (secondary N) is 1. The van der Waals surface area contributed by atoms with Crippen LogP contribution in [0.2, 0.25) is 0 Å². The van der Waals surface area contributed by atoms with E-state index in [1.807, 2.05) is 13.8 Å². The van der Waals surface area contributed by atoms with Crippen LogP contribution in [0.15, 0.2) is 28.8 Å². The van der Waals surface area contributed by atoms with Crippen LogP contribution in [-0.2, 0) is 9.53 Å². The molecule has 1 aromatic heterocycles. The highest BCUT2D eigenvalue weighted by molar-refractivity contribution is 5.97. The zero-order chi connectivity index (χ0) is 17.7. The van der Waals surface area contributed by atoms with Gasteiger partial charge in [0.05, 0.1) is 18.5 Å². The van der Waals surface area contributed by atoms with Crippen molar-refractivity contribution < 1.29 is 23.6 Å². The highest BCUT2D eigenvalue weighted by atomic mass is 16.5. The molecule has 1 amide bonds. The molecule has 0 fully saturated rings. The minimum atomic E-state index is -0.632. The lowest BCUT2D eigenvalue weighted by Crippen LogP contribution is -2.21. The van der Waals surface area contributed by atoms with E-state index in [4.69, 9.17) is 14.0 Å². The Labute approximate surface area is 139 Å². The lowest BCUT2D eigenvalue weighted by molar-refractivity contribution is -0.119. The first kappa shape index (κ1) is 17.5. The van der Waals surface area contributed by atoms with Crippen LogP contribution in [0, 0.1) is 6.92 Å². The Hall–Kier alpha value is -2.83. The third-order valence-electron chi connectivity index (χ3n) is 3.33. The third kappa shape index (κ3) is 3.92. The summed E-state index contributed by atoms with van der Waals surface area (Å²) >= 11 is 0. The van der Waals surface area contributed by atoms with E-state index in [0.717, 1.165) is 0 Å². The first-order chi connectivity index (χ1) is 11.4. The molecule has 0 aliphatic rings. The maximum absolute atomic E-state index is 12.2. The van der Waals surface area contributed by atoms with Crippen molar-refractivity contribution in [1.29, 1.82) is 0 Å². The molecule has 0 radical (unpaired) electrons. The van der Waals surface area contributed by atoms with Crippen LogP contribution in [-0.4, -0.2) is 30.7 Å². The summed E-state index contributed by atoms with van der Waals surface area (Å²) in [4.78, 5) is 24.2. The molecule has 1 N–H and O–H groups in total. The van der Waals surface area contributed by atoms with Crippen LogP contribution >= 0.6 is 0 Å². The largest absolute Gasteiger partial charge is 0.495 e. The molecule has 0 aliphatic heterocycles. The summed E-state index contributed by atoms with van der Waals surface area (Å²) in [6, 6.07) is 6.97. The first-order valence-electron chi connectivity index (χ1n) is 7.50. The Morgan fingerprint density at radius 1 is 1.29 bits per heavy atom. The quantitative estimate of drug-likeness (QED) is 0.818. The topological polar surface area (TPSA) is 90.7 Å². The van der Waals surface area contributed by atoms with Crippen molar-refractivity contribution in [3.8, 4) is 5.75 Å². The zero-order valence-corrected chi connectivity index (χ0v) is 14.1. The van der Waals surface area contributed by atoms with Gasteiger partial charge in [0.25, 0.3) is 5.91 Å². The molecule has 7 heteroatoms. The number of methoxy groups -OCH3 is 1. The van der Waals surface area contributed by atoms with Gasteiger partial charge in [-0.3, -0.25) is 4.79 Å². The average Bonchev–Trinajstić information content (AvgIpc) is 2.95. The molecule has 2 rings (SSSR count). The number of ether oxygens (including phenoxy) is 2. The zero-order valence-electron chi connectivity index (χ0n) is 14.1. The van der Waals surface area contributed by atoms with E-state index in [9.17, 15) is 9.59 Å². The SMILES string of the molecule is COc1ccccc1NC(=O)COC(=O)c1c(C)noc1C(C)C. The van der Waals surface area contributed by atoms with Crippen LogP contribution in [0.1, 0.15) is 41.6 Å². The normalized spacial score (nSPS) is 10.5. The number of aromatic nitrogens is 1. The number of nitrogens with zero attached hydrogens (tertiary/aromatic N) is 1. The number of hydrogen-bond donors (Lipinski definition) is 1. The van der Waals surface area contributed by atoms with Crippen LogP contribution < -0.4 is 10.1 Å². The minimum absolute atomic E-state index is 0.0174. The molecule has 0 saturated carbocycles. The number of amides is 1. The van der Waals surface area contributed by atoms with Gasteiger partial charge in [-0.25, -0.2) is 4.79 Å². The number of hydrogen-bond acceptors (Lipinski definition) is 6. The molecular weight excluding hydrogens is 312 g/mol. The number of carbonyl (C=O) groups is 2. The molecule has 1 heterocycles. The maximum Gasteiger partial charge on any atom is 0.344 e. The molecule has 0 saturated heterocycles. The predicted octanol–water partition coefficient (Wildman–Crippen LogP) is 2.91. The van der Waals surface area contributed by atoms with E-state index in [2.05, 4.69) is 10.5 Å². The van der Waals surface area contributed by atoms with Gasteiger partial charge in [-0.2, -0.15) is 0 Å². The predicted molar refractivity (Wildman–Crippen MR) is 87.2 cm³/mol. The molecule has 1 aromatic carbocycles. The second kappa shape index (κ2) is 7.63. The van der Waals surface area contributed by atoms with Gasteiger partial charge < -0.3 is 19.3 Å². The van der Waals surface area contributed by atoms with Gasteiger partial charge >= 0.3 is 5.97 Å². The van der Waals surface area contributed by atoms with Gasteiger partial charge in [-0.05, 0) is 19.1 Å². The summed E-state index contributed by atoms with van der Waals surface area (Å²) < 4.78 is 15.4. The summed E-state index contributed by atoms with van der Waals surface area (Å²) in [6.45, 7) is 5.00. The number of aryl methyl sites for hydroxylation is 1. The Kier molecular flexibility index (Phi) is 5.57. The minimum Gasteiger partial charge on any atom is -0.495 e. The number of para-hydroxylation sites is 2. The molecule has 2 aromatic rings. The number of rotatable bonds is 6. The van der Waals surface area contributed by atoms with Gasteiger partial charge in [0.15, 0.2) is 12.4 Å². The molecule has 0 spiro atoms. The number of carbonyl (C=O) groups excluding carboxylic acids is 2. The number of esters is 1. The Morgan fingerprint density at radius 3 is 2.67 bits per heavy atom. The third-order valence-corrected chi connectivity index (χ3v) is 3.33. The first-order valence-corrected chi connectivity index (χ1v) is 7.50. The van der Waals surface area contributed by atoms with Crippen molar-refractivity contribution >= 4 is 17.6 Å². The van der Waals surface area contributed by atoms with Crippen LogP contribution in [0.25, 0.3) is 0 Å². The fraction of sp³-hybridized carbons (Fsp3) is 0.353. The van der Waals surface area contributed by atoms with Crippen molar-refractivity contribution in [2.24, 2.45) is 0 Å². The standard InChI is InChI=1S/C17H20N2O5/c1-10(2)16-15(11(3)19-24-16)17(21)23-9-14(20)18-12-7-5-6-8-13(12)22-4/h5-8,10H,9H2,1-4H3,(H,18,20). The monoisotopic (exact) mass is 332 g/mol. The van der Waals surface area contributed by atoms with Crippen LogP contribution in [0.5, 0.6) is 5.75 Å². The molecule has 0 aliphatic carbocycles. The molecule has 0 atom stereocenters.